The van der Waals surface area contributed by atoms with Crippen LogP contribution >= 0.6 is 0 Å². The quantitative estimate of drug-likeness (QED) is 0.226. The lowest BCUT2D eigenvalue weighted by Crippen LogP contribution is -1.95. The predicted octanol–water partition coefficient (Wildman–Crippen LogP) is 9.83. The Morgan fingerprint density at radius 2 is 0.846 bits per heavy atom. The lowest BCUT2D eigenvalue weighted by atomic mass is 9.89. The Kier molecular flexibility index (Phi) is 4.20. The summed E-state index contributed by atoms with van der Waals surface area (Å²) in [6, 6.07) is 47.1. The maximum Gasteiger partial charge on any atom is -0.000752 e. The van der Waals surface area contributed by atoms with Crippen LogP contribution in [0, 0.1) is 0 Å². The summed E-state index contributed by atoms with van der Waals surface area (Å²) in [7, 11) is 0. The van der Waals surface area contributed by atoms with Crippen LogP contribution in [0.4, 0.5) is 0 Å². The van der Waals surface area contributed by atoms with E-state index < -0.39 is 0 Å². The van der Waals surface area contributed by atoms with Crippen LogP contribution in [0.15, 0.2) is 133 Å². The van der Waals surface area contributed by atoms with Crippen molar-refractivity contribution in [2.75, 3.05) is 0 Å². The maximum atomic E-state index is 2.44. The van der Waals surface area contributed by atoms with Crippen molar-refractivity contribution in [2.45, 2.75) is 6.42 Å². The van der Waals surface area contributed by atoms with E-state index in [4.69, 9.17) is 0 Å². The Morgan fingerprint density at radius 3 is 1.44 bits per heavy atom. The Morgan fingerprint density at radius 1 is 0.385 bits per heavy atom. The smallest absolute Gasteiger partial charge is 0.000752 e. The van der Waals surface area contributed by atoms with E-state index in [-0.39, 0.29) is 0 Å². The molecule has 0 saturated heterocycles. The molecule has 0 atom stereocenters. The van der Waals surface area contributed by atoms with Crippen molar-refractivity contribution in [3.05, 3.63) is 172 Å². The van der Waals surface area contributed by atoms with Crippen LogP contribution in [0.5, 0.6) is 0 Å². The minimum absolute atomic E-state index is 0.970. The molecule has 0 heterocycles. The first-order valence-electron chi connectivity index (χ1n) is 13.7. The van der Waals surface area contributed by atoms with Crippen LogP contribution in [0.25, 0.3) is 49.9 Å². The van der Waals surface area contributed by atoms with Crippen LogP contribution in [0.3, 0.4) is 0 Å². The fourth-order valence-corrected chi connectivity index (χ4v) is 7.04. The summed E-state index contributed by atoms with van der Waals surface area (Å²) < 4.78 is 0. The second-order valence-corrected chi connectivity index (χ2v) is 10.9. The Hall–Kier alpha value is -4.94. The molecule has 0 unspecified atom stereocenters. The molecule has 180 valence electrons. The van der Waals surface area contributed by atoms with Crippen LogP contribution in [-0.2, 0) is 6.42 Å². The highest BCUT2D eigenvalue weighted by atomic mass is 14.4. The fourth-order valence-electron chi connectivity index (χ4n) is 7.04. The first-order chi connectivity index (χ1) is 19.3. The summed E-state index contributed by atoms with van der Waals surface area (Å²) in [6.07, 6.45) is 3.40. The summed E-state index contributed by atoms with van der Waals surface area (Å²) in [5.41, 5.74) is 16.4. The van der Waals surface area contributed by atoms with E-state index in [0.717, 1.165) is 6.42 Å². The van der Waals surface area contributed by atoms with Crippen molar-refractivity contribution < 1.29 is 0 Å². The zero-order valence-corrected chi connectivity index (χ0v) is 21.4. The van der Waals surface area contributed by atoms with Gasteiger partial charge in [-0.2, -0.15) is 0 Å². The monoisotopic (exact) mass is 492 g/mol. The van der Waals surface area contributed by atoms with E-state index in [9.17, 15) is 0 Å². The van der Waals surface area contributed by atoms with Gasteiger partial charge in [-0.05, 0) is 119 Å². The molecule has 9 rings (SSSR count). The summed E-state index contributed by atoms with van der Waals surface area (Å²) in [5, 5.41) is 5.17. The number of rotatable bonds is 2. The maximum absolute atomic E-state index is 2.44. The van der Waals surface area contributed by atoms with Gasteiger partial charge < -0.3 is 0 Å². The van der Waals surface area contributed by atoms with Crippen LogP contribution in [0.2, 0.25) is 0 Å². The average Bonchev–Trinajstić information content (AvgIpc) is 3.65. The standard InChI is InChI=1S/C39H24/c1-2-10-24(11-3-1)36-32-20-27-14-6-8-16-29(27)22-34(32)39-37(31-18-25-12-4-5-13-26(25)19-31)33-21-28-15-7-9-17-30(28)23-35(33)38(36)39/h1-18,20-23H,19H2. The summed E-state index contributed by atoms with van der Waals surface area (Å²) >= 11 is 0. The van der Waals surface area contributed by atoms with Gasteiger partial charge in [0.05, 0.1) is 0 Å². The van der Waals surface area contributed by atoms with Gasteiger partial charge in [0.2, 0.25) is 0 Å². The molecule has 0 bridgehead atoms. The van der Waals surface area contributed by atoms with E-state index >= 15 is 0 Å². The molecule has 0 nitrogen and oxygen atoms in total. The number of benzene rings is 6. The minimum atomic E-state index is 0.970. The molecule has 0 amide bonds. The lowest BCUT2D eigenvalue weighted by molar-refractivity contribution is 1.25. The molecule has 6 aromatic carbocycles. The third-order valence-electron chi connectivity index (χ3n) is 8.75. The average molecular weight is 493 g/mol. The summed E-state index contributed by atoms with van der Waals surface area (Å²) in [4.78, 5) is 0. The van der Waals surface area contributed by atoms with Gasteiger partial charge in [0.1, 0.15) is 0 Å². The third-order valence-corrected chi connectivity index (χ3v) is 8.75. The zero-order chi connectivity index (χ0) is 25.5. The van der Waals surface area contributed by atoms with Crippen LogP contribution in [0.1, 0.15) is 38.9 Å². The highest BCUT2D eigenvalue weighted by Crippen LogP contribution is 2.60. The molecule has 0 heteroatoms. The third kappa shape index (κ3) is 2.95. The van der Waals surface area contributed by atoms with E-state index in [1.807, 2.05) is 0 Å². The van der Waals surface area contributed by atoms with Gasteiger partial charge in [-0.15, -0.1) is 0 Å². The SMILES string of the molecule is C1=C(C2=C3C(=C(c4ccccc4)c4cc5ccccc5cc43)c3cc4ccccc4cc32)Cc2ccccc21. The van der Waals surface area contributed by atoms with Gasteiger partial charge in [0, 0.05) is 0 Å². The van der Waals surface area contributed by atoms with Crippen LogP contribution in [-0.4, -0.2) is 0 Å². The van der Waals surface area contributed by atoms with Gasteiger partial charge in [-0.1, -0.05) is 109 Å². The molecule has 0 saturated carbocycles. The number of fused-ring (bicyclic) bond motifs is 8. The molecule has 39 heavy (non-hydrogen) atoms. The van der Waals surface area contributed by atoms with Gasteiger partial charge in [0.15, 0.2) is 0 Å². The first-order valence-corrected chi connectivity index (χ1v) is 13.7. The van der Waals surface area contributed by atoms with Gasteiger partial charge in [0.25, 0.3) is 0 Å². The minimum Gasteiger partial charge on any atom is -0.0622 e. The molecule has 0 fully saturated rings. The second kappa shape index (κ2) is 7.79. The van der Waals surface area contributed by atoms with Crippen molar-refractivity contribution in [3.8, 4) is 0 Å². The van der Waals surface area contributed by atoms with E-state index in [0.29, 0.717) is 0 Å². The van der Waals surface area contributed by atoms with Gasteiger partial charge in [-0.25, -0.2) is 0 Å². The fraction of sp³-hybridized carbons (Fsp3) is 0.0256. The normalized spacial score (nSPS) is 15.0. The largest absolute Gasteiger partial charge is 0.0622 e. The molecular formula is C39H24. The van der Waals surface area contributed by atoms with E-state index in [1.54, 1.807) is 0 Å². The molecule has 0 N–H and O–H groups in total. The number of allylic oxidation sites excluding steroid dienone is 4. The molecule has 6 aromatic rings. The number of hydrogen-bond donors (Lipinski definition) is 0. The van der Waals surface area contributed by atoms with Gasteiger partial charge >= 0.3 is 0 Å². The molecule has 0 spiro atoms. The zero-order valence-electron chi connectivity index (χ0n) is 21.4. The second-order valence-electron chi connectivity index (χ2n) is 10.9. The van der Waals surface area contributed by atoms with Crippen molar-refractivity contribution in [2.24, 2.45) is 0 Å². The Balaban J connectivity index is 1.44. The molecule has 3 aliphatic carbocycles. The van der Waals surface area contributed by atoms with Crippen LogP contribution < -0.4 is 0 Å². The molecular weight excluding hydrogens is 468 g/mol. The molecule has 0 radical (unpaired) electrons. The van der Waals surface area contributed by atoms with Gasteiger partial charge in [-0.3, -0.25) is 0 Å². The first kappa shape index (κ1) is 21.0. The summed E-state index contributed by atoms with van der Waals surface area (Å²) in [5.74, 6) is 0. The van der Waals surface area contributed by atoms with Crippen molar-refractivity contribution in [3.63, 3.8) is 0 Å². The molecule has 0 aromatic heterocycles. The lowest BCUT2D eigenvalue weighted by Gasteiger charge is -2.14. The van der Waals surface area contributed by atoms with Crippen molar-refractivity contribution in [1.29, 1.82) is 0 Å². The molecule has 0 aliphatic heterocycles. The Bertz CT molecular complexity index is 2120. The highest BCUT2D eigenvalue weighted by Gasteiger charge is 2.39. The van der Waals surface area contributed by atoms with Crippen molar-refractivity contribution >= 4 is 49.9 Å². The topological polar surface area (TPSA) is 0 Å². The predicted molar refractivity (Wildman–Crippen MR) is 165 cm³/mol. The Labute approximate surface area is 227 Å². The van der Waals surface area contributed by atoms with E-state index in [2.05, 4.69) is 133 Å². The number of hydrogen-bond acceptors (Lipinski definition) is 0. The molecule has 3 aliphatic rings. The highest BCUT2D eigenvalue weighted by molar-refractivity contribution is 6.36. The van der Waals surface area contributed by atoms with E-state index in [1.165, 1.54) is 88.4 Å². The summed E-state index contributed by atoms with van der Waals surface area (Å²) in [6.45, 7) is 0. The van der Waals surface area contributed by atoms with Crippen molar-refractivity contribution in [1.82, 2.24) is 0 Å².